The normalized spacial score (nSPS) is 43.9. The lowest BCUT2D eigenvalue weighted by molar-refractivity contribution is -0.393. The van der Waals surface area contributed by atoms with Gasteiger partial charge in [0, 0.05) is 44.5 Å². The largest absolute Gasteiger partial charge is 0.394 e. The molecule has 8 rings (SSSR count). The lowest BCUT2D eigenvalue weighted by atomic mass is 9.79. The lowest BCUT2D eigenvalue weighted by Crippen LogP contribution is -2.70. The van der Waals surface area contributed by atoms with Gasteiger partial charge in [-0.05, 0) is 76.4 Å². The number of ketones is 1. The summed E-state index contributed by atoms with van der Waals surface area (Å²) in [6.45, 7) is -0.235. The second-order valence-electron chi connectivity index (χ2n) is 26.6. The third-order valence-corrected chi connectivity index (χ3v) is 21.0. The van der Waals surface area contributed by atoms with E-state index in [0.29, 0.717) is 75.8 Å². The fourth-order valence-corrected chi connectivity index (χ4v) is 14.8. The van der Waals surface area contributed by atoms with Crippen LogP contribution in [0.15, 0.2) is 0 Å². The van der Waals surface area contributed by atoms with Gasteiger partial charge in [0.2, 0.25) is 17.7 Å². The van der Waals surface area contributed by atoms with Crippen LogP contribution in [0.3, 0.4) is 0 Å². The van der Waals surface area contributed by atoms with Crippen LogP contribution >= 0.6 is 11.8 Å². The van der Waals surface area contributed by atoms with E-state index in [1.807, 2.05) is 6.92 Å². The van der Waals surface area contributed by atoms with Crippen LogP contribution in [0.1, 0.15) is 104 Å². The Hall–Kier alpha value is -2.86. The number of thioether (sulfide) groups is 1. The van der Waals surface area contributed by atoms with Gasteiger partial charge in [0.1, 0.15) is 146 Å². The van der Waals surface area contributed by atoms with Gasteiger partial charge < -0.3 is 154 Å². The van der Waals surface area contributed by atoms with Crippen LogP contribution < -0.4 is 5.32 Å². The van der Waals surface area contributed by atoms with Crippen LogP contribution in [-0.4, -0.2) is 362 Å². The minimum absolute atomic E-state index is 0.0320. The summed E-state index contributed by atoms with van der Waals surface area (Å²) in [5.41, 5.74) is 0.671. The molecule has 0 aromatic carbocycles. The standard InChI is InChI=1S/C62H103N3O33S/c1-4-29(63)10-9-17-99-36-18-37(73)65(56(36)86)19-27-12-14-28(15-13-27)30(72)11-7-5-6-8-16-87-58-48(83)45(80)51(34(23-69)92-58)94-60-49(84)46(81)52(35(24-70)93-60)95-61-50(85)54(42(77)33(22-68)90-61)97-57-38(64-26(3)71)53(41(76)32(21-67)89-57)96-62-55(44(79)40(75)31(20-66)91-62)98-59-47(82)43(78)39(74)25(2)88-59/h25,27-28,31-36,38-55,57-63,66-70,74-85H,4-24H2,1-3H3,(H,64,71)/t25?,27?,28?,31?,32?,33?,34?,35?,36?,38?,39-,40+,41+,42+,43+,44+,45-,46-,47?,48?,49?,50?,51-,52+,53-,54+,55?,57+,58-,59+,60+,61-,62+/m1/s1. The Bertz CT molecular complexity index is 2550. The monoisotopic (exact) mass is 1450 g/mol. The third kappa shape index (κ3) is 19.8. The number of rotatable bonds is 33. The summed E-state index contributed by atoms with van der Waals surface area (Å²) in [5.74, 6) is -0.260. The number of nitrogens with zero attached hydrogens (tertiary/aromatic N) is 1. The van der Waals surface area contributed by atoms with Gasteiger partial charge in [0.15, 0.2) is 37.7 Å². The van der Waals surface area contributed by atoms with E-state index in [1.165, 1.54) is 23.6 Å². The number of imide groups is 1. The van der Waals surface area contributed by atoms with Crippen molar-refractivity contribution in [3.63, 3.8) is 0 Å². The fraction of sp³-hybridized carbons (Fsp3) is 0.919. The second kappa shape index (κ2) is 37.9. The molecule has 0 aromatic heterocycles. The van der Waals surface area contributed by atoms with Gasteiger partial charge in [0.05, 0.1) is 44.4 Å². The molecule has 0 aromatic rings. The summed E-state index contributed by atoms with van der Waals surface area (Å²) in [6.07, 6.45) is -46.2. The van der Waals surface area contributed by atoms with Crippen LogP contribution in [0, 0.1) is 17.2 Å². The van der Waals surface area contributed by atoms with Crippen molar-refractivity contribution in [2.24, 2.45) is 11.8 Å². The summed E-state index contributed by atoms with van der Waals surface area (Å²) in [5, 5.41) is 196. The maximum atomic E-state index is 13.2. The van der Waals surface area contributed by atoms with E-state index in [0.717, 1.165) is 26.2 Å². The maximum Gasteiger partial charge on any atom is 0.242 e. The Kier molecular flexibility index (Phi) is 31.3. The molecule has 8 fully saturated rings. The smallest absolute Gasteiger partial charge is 0.242 e. The van der Waals surface area contributed by atoms with E-state index in [9.17, 15) is 106 Å². The molecule has 31 atom stereocenters. The predicted molar refractivity (Wildman–Crippen MR) is 331 cm³/mol. The van der Waals surface area contributed by atoms with Gasteiger partial charge in [0.25, 0.3) is 0 Å². The van der Waals surface area contributed by atoms with Crippen molar-refractivity contribution in [2.75, 3.05) is 51.9 Å². The number of aliphatic hydroxyl groups excluding tert-OH is 17. The van der Waals surface area contributed by atoms with E-state index >= 15 is 0 Å². The fourth-order valence-electron chi connectivity index (χ4n) is 13.7. The van der Waals surface area contributed by atoms with Crippen molar-refractivity contribution >= 4 is 41.0 Å². The second-order valence-corrected chi connectivity index (χ2v) is 28.0. The van der Waals surface area contributed by atoms with Gasteiger partial charge in [-0.2, -0.15) is 0 Å². The van der Waals surface area contributed by atoms with Crippen LogP contribution in [0.4, 0.5) is 0 Å². The molecule has 37 heteroatoms. The highest BCUT2D eigenvalue weighted by Crippen LogP contribution is 2.39. The molecule has 36 nitrogen and oxygen atoms in total. The molecule has 13 unspecified atom stereocenters. The zero-order valence-electron chi connectivity index (χ0n) is 55.4. The Morgan fingerprint density at radius 3 is 1.61 bits per heavy atom. The number of amides is 3. The van der Waals surface area contributed by atoms with Crippen molar-refractivity contribution in [3.8, 4) is 0 Å². The molecule has 7 aliphatic heterocycles. The minimum atomic E-state index is -2.24. The zero-order valence-corrected chi connectivity index (χ0v) is 56.2. The Morgan fingerprint density at radius 1 is 0.515 bits per heavy atom. The number of likely N-dealkylation sites (tertiary alicyclic amines) is 1. The Balaban J connectivity index is 0.815. The van der Waals surface area contributed by atoms with Crippen molar-refractivity contribution < 1.29 is 163 Å². The summed E-state index contributed by atoms with van der Waals surface area (Å²) >= 11 is 1.48. The molecule has 0 bridgehead atoms. The third-order valence-electron chi connectivity index (χ3n) is 19.7. The number of unbranched alkanes of at least 4 members (excludes halogenated alkanes) is 3. The SMILES string of the molecule is CCC(=N)CCCSC1CC(=O)N(CC2CCC(C(=O)CCCCCCO[C@@H]3OC(CO)[C@@H](O[C@@H]4OC(CO)[C@H](O[C@H]5OC(CO)[C@H](O)[C@H](O[C@@H]6OC(CO)[C@H](O)[C@H](O[C@@H]7OC(CO)[C@H](O)[C@H](O)C7O[C@@H]7OC(C)[C@@H](O)[C@H](O)C7O)C6NC(C)=O)C5O)[C@H](O)C4O)[C@H](O)C3O)CC2)C1=O. The van der Waals surface area contributed by atoms with Gasteiger partial charge in [-0.15, -0.1) is 11.8 Å². The number of carbonyl (C=O) groups excluding carboxylic acids is 4. The molecule has 0 spiro atoms. The van der Waals surface area contributed by atoms with Crippen molar-refractivity contribution in [1.82, 2.24) is 10.2 Å². The van der Waals surface area contributed by atoms with Crippen LogP contribution in [-0.2, 0) is 76.0 Å². The number of Topliss-reactive ketones (excluding diaryl/α,β-unsaturated/α-hetero) is 1. The van der Waals surface area contributed by atoms with Crippen molar-refractivity contribution in [2.45, 2.75) is 294 Å². The average Bonchev–Trinajstić information content (AvgIpc) is 1.37. The molecule has 7 heterocycles. The quantitative estimate of drug-likeness (QED) is 0.0165. The number of aliphatic hydroxyl groups is 17. The topological polar surface area (TPSA) is 562 Å². The first-order chi connectivity index (χ1) is 47.2. The highest BCUT2D eigenvalue weighted by Gasteiger charge is 2.59. The minimum Gasteiger partial charge on any atom is -0.394 e. The molecular weight excluding hydrogens is 1350 g/mol. The van der Waals surface area contributed by atoms with Gasteiger partial charge in [-0.25, -0.2) is 0 Å². The summed E-state index contributed by atoms with van der Waals surface area (Å²) in [7, 11) is 0. The number of ether oxygens (including phenoxy) is 12. The van der Waals surface area contributed by atoms with Gasteiger partial charge in [-0.1, -0.05) is 19.8 Å². The maximum absolute atomic E-state index is 13.2. The lowest BCUT2D eigenvalue weighted by Gasteiger charge is -2.51. The van der Waals surface area contributed by atoms with Crippen LogP contribution in [0.25, 0.3) is 0 Å². The van der Waals surface area contributed by atoms with E-state index in [2.05, 4.69) is 5.32 Å². The zero-order chi connectivity index (χ0) is 72.3. The van der Waals surface area contributed by atoms with Crippen molar-refractivity contribution in [3.05, 3.63) is 0 Å². The first-order valence-electron chi connectivity index (χ1n) is 34.0. The molecule has 7 saturated heterocycles. The number of carbonyl (C=O) groups is 4. The molecule has 19 N–H and O–H groups in total. The summed E-state index contributed by atoms with van der Waals surface area (Å²) in [6, 6.07) is -1.81. The Labute approximate surface area is 575 Å². The molecule has 3 amide bonds. The molecule has 570 valence electrons. The molecular formula is C62H103N3O33S. The number of hydrogen-bond donors (Lipinski definition) is 19. The summed E-state index contributed by atoms with van der Waals surface area (Å²) in [4.78, 5) is 53.4. The molecule has 1 saturated carbocycles. The Morgan fingerprint density at radius 2 is 1.00 bits per heavy atom. The van der Waals surface area contributed by atoms with Crippen LogP contribution in [0.2, 0.25) is 0 Å². The van der Waals surface area contributed by atoms with Gasteiger partial charge in [-0.3, -0.25) is 24.1 Å². The molecule has 99 heavy (non-hydrogen) atoms. The van der Waals surface area contributed by atoms with Crippen molar-refractivity contribution in [1.29, 1.82) is 5.41 Å². The molecule has 8 aliphatic rings. The first kappa shape index (κ1) is 81.8. The van der Waals surface area contributed by atoms with E-state index < -0.39 is 223 Å². The van der Waals surface area contributed by atoms with Gasteiger partial charge >= 0.3 is 0 Å². The number of nitrogens with one attached hydrogen (secondary N) is 2. The predicted octanol–water partition coefficient (Wildman–Crippen LogP) is -7.51. The summed E-state index contributed by atoms with van der Waals surface area (Å²) < 4.78 is 69.9. The van der Waals surface area contributed by atoms with E-state index in [-0.39, 0.29) is 47.7 Å². The van der Waals surface area contributed by atoms with E-state index in [4.69, 9.17) is 62.3 Å². The highest BCUT2D eigenvalue weighted by atomic mass is 32.2. The number of hydrogen-bond acceptors (Lipinski definition) is 35. The first-order valence-corrected chi connectivity index (χ1v) is 35.1. The van der Waals surface area contributed by atoms with Crippen LogP contribution in [0.5, 0.6) is 0 Å². The van der Waals surface area contributed by atoms with E-state index in [1.54, 1.807) is 0 Å². The highest BCUT2D eigenvalue weighted by molar-refractivity contribution is 8.00. The average molecular weight is 1450 g/mol. The molecule has 0 radical (unpaired) electrons. The molecule has 1 aliphatic carbocycles.